The number of hydrogen-bond donors (Lipinski definition) is 1. The van der Waals surface area contributed by atoms with Crippen LogP contribution in [0.25, 0.3) is 10.6 Å². The number of halogens is 2. The van der Waals surface area contributed by atoms with Gasteiger partial charge < -0.3 is 5.73 Å². The first-order chi connectivity index (χ1) is 7.70. The van der Waals surface area contributed by atoms with Gasteiger partial charge in [-0.3, -0.25) is 0 Å². The number of nitrogens with two attached hydrogens (primary N) is 1. The fraction of sp³-hybridized carbons (Fsp3) is 0.200. The second-order valence-corrected chi connectivity index (χ2v) is 5.08. The molecule has 3 nitrogen and oxygen atoms in total. The zero-order chi connectivity index (χ0) is 11.5. The SMILES string of the molecule is NCCc1nnc(-c2ccc(F)c(Br)c2)s1. The average molecular weight is 302 g/mol. The van der Waals surface area contributed by atoms with Crippen molar-refractivity contribution >= 4 is 27.3 Å². The summed E-state index contributed by atoms with van der Waals surface area (Å²) in [6, 6.07) is 4.79. The molecule has 0 aliphatic carbocycles. The molecular formula is C10H9BrFN3S. The van der Waals surface area contributed by atoms with E-state index >= 15 is 0 Å². The molecule has 2 rings (SSSR count). The molecule has 0 fully saturated rings. The maximum atomic E-state index is 13.0. The molecule has 0 unspecified atom stereocenters. The summed E-state index contributed by atoms with van der Waals surface area (Å²) in [5.41, 5.74) is 6.29. The van der Waals surface area contributed by atoms with E-state index in [-0.39, 0.29) is 5.82 Å². The molecule has 0 spiro atoms. The lowest BCUT2D eigenvalue weighted by molar-refractivity contribution is 0.621. The van der Waals surface area contributed by atoms with Crippen molar-refractivity contribution in [1.29, 1.82) is 0 Å². The topological polar surface area (TPSA) is 51.8 Å². The first kappa shape index (κ1) is 11.6. The molecule has 2 N–H and O–H groups in total. The highest BCUT2D eigenvalue weighted by molar-refractivity contribution is 9.10. The van der Waals surface area contributed by atoms with Gasteiger partial charge in [-0.25, -0.2) is 4.39 Å². The Kier molecular flexibility index (Phi) is 3.63. The van der Waals surface area contributed by atoms with Gasteiger partial charge in [-0.05, 0) is 40.7 Å². The van der Waals surface area contributed by atoms with Crippen molar-refractivity contribution in [2.75, 3.05) is 6.54 Å². The summed E-state index contributed by atoms with van der Waals surface area (Å²) in [7, 11) is 0. The van der Waals surface area contributed by atoms with Crippen molar-refractivity contribution in [3.63, 3.8) is 0 Å². The number of hydrogen-bond acceptors (Lipinski definition) is 4. The number of rotatable bonds is 3. The van der Waals surface area contributed by atoms with Crippen LogP contribution in [0.4, 0.5) is 4.39 Å². The molecule has 0 saturated carbocycles. The van der Waals surface area contributed by atoms with E-state index in [0.29, 0.717) is 11.0 Å². The normalized spacial score (nSPS) is 10.7. The van der Waals surface area contributed by atoms with Gasteiger partial charge in [0.05, 0.1) is 4.47 Å². The van der Waals surface area contributed by atoms with Gasteiger partial charge in [-0.1, -0.05) is 11.3 Å². The van der Waals surface area contributed by atoms with Crippen molar-refractivity contribution in [2.24, 2.45) is 5.73 Å². The molecule has 2 aromatic rings. The van der Waals surface area contributed by atoms with Crippen LogP contribution in [0.2, 0.25) is 0 Å². The predicted molar refractivity (Wildman–Crippen MR) is 65.8 cm³/mol. The number of benzene rings is 1. The summed E-state index contributed by atoms with van der Waals surface area (Å²) in [5.74, 6) is -0.282. The van der Waals surface area contributed by atoms with Crippen molar-refractivity contribution in [1.82, 2.24) is 10.2 Å². The Balaban J connectivity index is 2.31. The monoisotopic (exact) mass is 301 g/mol. The Labute approximate surface area is 105 Å². The first-order valence-electron chi connectivity index (χ1n) is 4.68. The largest absolute Gasteiger partial charge is 0.330 e. The Morgan fingerprint density at radius 3 is 2.88 bits per heavy atom. The smallest absolute Gasteiger partial charge is 0.147 e. The first-order valence-corrected chi connectivity index (χ1v) is 6.29. The molecule has 0 atom stereocenters. The van der Waals surface area contributed by atoms with Gasteiger partial charge >= 0.3 is 0 Å². The van der Waals surface area contributed by atoms with E-state index in [2.05, 4.69) is 26.1 Å². The van der Waals surface area contributed by atoms with E-state index < -0.39 is 0 Å². The fourth-order valence-corrected chi connectivity index (χ4v) is 2.45. The summed E-state index contributed by atoms with van der Waals surface area (Å²) in [4.78, 5) is 0. The zero-order valence-electron chi connectivity index (χ0n) is 8.28. The van der Waals surface area contributed by atoms with E-state index in [4.69, 9.17) is 5.73 Å². The van der Waals surface area contributed by atoms with Gasteiger partial charge in [-0.15, -0.1) is 10.2 Å². The lowest BCUT2D eigenvalue weighted by Gasteiger charge is -1.97. The van der Waals surface area contributed by atoms with Crippen LogP contribution in [0.1, 0.15) is 5.01 Å². The highest BCUT2D eigenvalue weighted by Crippen LogP contribution is 2.27. The van der Waals surface area contributed by atoms with Crippen LogP contribution in [0.3, 0.4) is 0 Å². The maximum absolute atomic E-state index is 13.0. The maximum Gasteiger partial charge on any atom is 0.147 e. The minimum absolute atomic E-state index is 0.282. The highest BCUT2D eigenvalue weighted by Gasteiger charge is 2.08. The lowest BCUT2D eigenvalue weighted by atomic mass is 10.2. The molecule has 84 valence electrons. The van der Waals surface area contributed by atoms with Gasteiger partial charge in [0.15, 0.2) is 0 Å². The standard InChI is InChI=1S/C10H9BrFN3S/c11-7-5-6(1-2-8(7)12)10-15-14-9(16-10)3-4-13/h1-2,5H,3-4,13H2. The third kappa shape index (κ3) is 2.45. The Bertz CT molecular complexity index is 501. The Morgan fingerprint density at radius 1 is 1.38 bits per heavy atom. The number of aromatic nitrogens is 2. The van der Waals surface area contributed by atoms with Crippen molar-refractivity contribution in [2.45, 2.75) is 6.42 Å². The molecule has 6 heteroatoms. The quantitative estimate of drug-likeness (QED) is 0.948. The third-order valence-electron chi connectivity index (χ3n) is 1.99. The second-order valence-electron chi connectivity index (χ2n) is 3.17. The highest BCUT2D eigenvalue weighted by atomic mass is 79.9. The van der Waals surface area contributed by atoms with E-state index in [0.717, 1.165) is 22.0 Å². The zero-order valence-corrected chi connectivity index (χ0v) is 10.7. The van der Waals surface area contributed by atoms with Gasteiger partial charge in [0.2, 0.25) is 0 Å². The van der Waals surface area contributed by atoms with Crippen LogP contribution in [0, 0.1) is 5.82 Å². The summed E-state index contributed by atoms with van der Waals surface area (Å²) in [6.07, 6.45) is 0.722. The van der Waals surface area contributed by atoms with Crippen molar-refractivity contribution in [3.05, 3.63) is 33.5 Å². The van der Waals surface area contributed by atoms with Gasteiger partial charge in [0.1, 0.15) is 15.8 Å². The molecule has 0 aliphatic heterocycles. The van der Waals surface area contributed by atoms with Gasteiger partial charge in [0, 0.05) is 12.0 Å². The average Bonchev–Trinajstić information content (AvgIpc) is 2.71. The Morgan fingerprint density at radius 2 is 2.19 bits per heavy atom. The molecule has 0 amide bonds. The third-order valence-corrected chi connectivity index (χ3v) is 3.63. The van der Waals surface area contributed by atoms with E-state index in [1.807, 2.05) is 0 Å². The summed E-state index contributed by atoms with van der Waals surface area (Å²) >= 11 is 4.62. The van der Waals surface area contributed by atoms with Gasteiger partial charge in [-0.2, -0.15) is 0 Å². The van der Waals surface area contributed by atoms with Crippen LogP contribution in [0.15, 0.2) is 22.7 Å². The van der Waals surface area contributed by atoms with Crippen LogP contribution in [0.5, 0.6) is 0 Å². The van der Waals surface area contributed by atoms with Crippen LogP contribution in [-0.2, 0) is 6.42 Å². The van der Waals surface area contributed by atoms with Crippen LogP contribution in [-0.4, -0.2) is 16.7 Å². The molecule has 0 radical (unpaired) electrons. The molecule has 1 aromatic heterocycles. The van der Waals surface area contributed by atoms with Gasteiger partial charge in [0.25, 0.3) is 0 Å². The lowest BCUT2D eigenvalue weighted by Crippen LogP contribution is -2.01. The van der Waals surface area contributed by atoms with Crippen LogP contribution >= 0.6 is 27.3 Å². The van der Waals surface area contributed by atoms with Crippen molar-refractivity contribution in [3.8, 4) is 10.6 Å². The second kappa shape index (κ2) is 4.99. The Hall–Kier alpha value is -0.850. The van der Waals surface area contributed by atoms with Crippen LogP contribution < -0.4 is 5.73 Å². The molecule has 0 aliphatic rings. The molecular weight excluding hydrogens is 293 g/mol. The molecule has 0 saturated heterocycles. The minimum Gasteiger partial charge on any atom is -0.330 e. The summed E-state index contributed by atoms with van der Waals surface area (Å²) in [5, 5.41) is 9.74. The summed E-state index contributed by atoms with van der Waals surface area (Å²) in [6.45, 7) is 0.557. The van der Waals surface area contributed by atoms with E-state index in [9.17, 15) is 4.39 Å². The van der Waals surface area contributed by atoms with E-state index in [1.54, 1.807) is 12.1 Å². The molecule has 1 heterocycles. The minimum atomic E-state index is -0.282. The predicted octanol–water partition coefficient (Wildman–Crippen LogP) is 2.61. The van der Waals surface area contributed by atoms with E-state index in [1.165, 1.54) is 17.4 Å². The summed E-state index contributed by atoms with van der Waals surface area (Å²) < 4.78 is 13.5. The molecule has 0 bridgehead atoms. The van der Waals surface area contributed by atoms with Crippen molar-refractivity contribution < 1.29 is 4.39 Å². The molecule has 16 heavy (non-hydrogen) atoms. The fourth-order valence-electron chi connectivity index (χ4n) is 1.22. The number of nitrogens with zero attached hydrogens (tertiary/aromatic N) is 2. The molecule has 1 aromatic carbocycles.